The van der Waals surface area contributed by atoms with Crippen molar-refractivity contribution in [1.82, 2.24) is 0 Å². The maximum atomic E-state index is 11.5. The second-order valence-corrected chi connectivity index (χ2v) is 5.98. The third-order valence-electron chi connectivity index (χ3n) is 1.96. The van der Waals surface area contributed by atoms with Gasteiger partial charge in [0.05, 0.1) is 25.2 Å². The van der Waals surface area contributed by atoms with Crippen LogP contribution in [0.25, 0.3) is 0 Å². The third-order valence-corrected chi connectivity index (χ3v) is 4.28. The van der Waals surface area contributed by atoms with Gasteiger partial charge in [0, 0.05) is 0 Å². The van der Waals surface area contributed by atoms with Crippen LogP contribution in [0.3, 0.4) is 0 Å². The van der Waals surface area contributed by atoms with Crippen molar-refractivity contribution in [3.8, 4) is 0 Å². The van der Waals surface area contributed by atoms with Crippen molar-refractivity contribution in [2.24, 2.45) is 0 Å². The fraction of sp³-hybridized carbons (Fsp3) is 0.444. The molecule has 0 saturated carbocycles. The summed E-state index contributed by atoms with van der Waals surface area (Å²) in [5, 5.41) is 10.3. The molecule has 0 aliphatic heterocycles. The summed E-state index contributed by atoms with van der Waals surface area (Å²) in [6.07, 6.45) is 0. The van der Waals surface area contributed by atoms with Gasteiger partial charge in [-0.25, -0.2) is 13.2 Å². The number of carbonyl (C=O) groups is 1. The summed E-state index contributed by atoms with van der Waals surface area (Å²) < 4.78 is 29.8. The maximum absolute atomic E-state index is 11.5. The van der Waals surface area contributed by atoms with Crippen molar-refractivity contribution in [2.45, 2.75) is 6.92 Å². The van der Waals surface area contributed by atoms with Gasteiger partial charge < -0.3 is 9.84 Å². The minimum absolute atomic E-state index is 0.200. The standard InChI is InChI=1S/C9H13NO5S2/c1-6-5-16-8(9(12)15-2)7(6)10-17(13,14)4-3-11/h5,10-11H,3-4H2,1-2H3. The van der Waals surface area contributed by atoms with E-state index in [4.69, 9.17) is 5.11 Å². The van der Waals surface area contributed by atoms with Gasteiger partial charge in [-0.1, -0.05) is 0 Å². The average Bonchev–Trinajstić information content (AvgIpc) is 2.59. The summed E-state index contributed by atoms with van der Waals surface area (Å²) in [5.74, 6) is -1.01. The Morgan fingerprint density at radius 2 is 2.24 bits per heavy atom. The first-order valence-electron chi connectivity index (χ1n) is 4.69. The summed E-state index contributed by atoms with van der Waals surface area (Å²) in [5.41, 5.74) is 0.854. The third kappa shape index (κ3) is 3.42. The number of rotatable bonds is 5. The van der Waals surface area contributed by atoms with E-state index >= 15 is 0 Å². The lowest BCUT2D eigenvalue weighted by Gasteiger charge is -2.08. The van der Waals surface area contributed by atoms with Crippen LogP contribution in [0.1, 0.15) is 15.2 Å². The molecule has 1 aromatic heterocycles. The molecule has 1 rings (SSSR count). The number of aliphatic hydroxyl groups excluding tert-OH is 1. The van der Waals surface area contributed by atoms with Gasteiger partial charge in [0.1, 0.15) is 4.88 Å². The number of ether oxygens (including phenoxy) is 1. The van der Waals surface area contributed by atoms with E-state index in [1.54, 1.807) is 12.3 Å². The number of sulfonamides is 1. The molecule has 1 aromatic rings. The highest BCUT2D eigenvalue weighted by Crippen LogP contribution is 2.29. The number of hydrogen-bond donors (Lipinski definition) is 2. The number of esters is 1. The van der Waals surface area contributed by atoms with Gasteiger partial charge >= 0.3 is 5.97 Å². The Balaban J connectivity index is 3.06. The second kappa shape index (κ2) is 5.48. The van der Waals surface area contributed by atoms with Gasteiger partial charge in [-0.05, 0) is 17.9 Å². The van der Waals surface area contributed by atoms with Gasteiger partial charge in [0.15, 0.2) is 0 Å². The lowest BCUT2D eigenvalue weighted by Crippen LogP contribution is -2.20. The maximum Gasteiger partial charge on any atom is 0.350 e. The molecule has 8 heteroatoms. The first-order chi connectivity index (χ1) is 7.91. The molecule has 0 aliphatic rings. The van der Waals surface area contributed by atoms with Crippen molar-refractivity contribution in [2.75, 3.05) is 24.2 Å². The molecule has 0 fully saturated rings. The Kier molecular flexibility index (Phi) is 4.49. The van der Waals surface area contributed by atoms with E-state index in [2.05, 4.69) is 9.46 Å². The summed E-state index contributed by atoms with van der Waals surface area (Å²) >= 11 is 1.10. The zero-order valence-corrected chi connectivity index (χ0v) is 11.0. The normalized spacial score (nSPS) is 11.2. The van der Waals surface area contributed by atoms with Crippen LogP contribution >= 0.6 is 11.3 Å². The Morgan fingerprint density at radius 3 is 2.76 bits per heavy atom. The molecule has 0 spiro atoms. The predicted octanol–water partition coefficient (Wildman–Crippen LogP) is 0.577. The highest BCUT2D eigenvalue weighted by atomic mass is 32.2. The average molecular weight is 279 g/mol. The van der Waals surface area contributed by atoms with E-state index in [9.17, 15) is 13.2 Å². The van der Waals surface area contributed by atoms with Gasteiger partial charge in [0.2, 0.25) is 10.0 Å². The molecule has 1 heterocycles. The summed E-state index contributed by atoms with van der Waals surface area (Å²) in [7, 11) is -2.42. The molecule has 6 nitrogen and oxygen atoms in total. The number of nitrogens with one attached hydrogen (secondary N) is 1. The van der Waals surface area contributed by atoms with Crippen molar-refractivity contribution in [3.05, 3.63) is 15.8 Å². The molecule has 96 valence electrons. The van der Waals surface area contributed by atoms with E-state index in [0.29, 0.717) is 5.56 Å². The summed E-state index contributed by atoms with van der Waals surface area (Å²) in [4.78, 5) is 11.6. The molecule has 0 saturated heterocycles. The zero-order chi connectivity index (χ0) is 13.1. The summed E-state index contributed by atoms with van der Waals surface area (Å²) in [6, 6.07) is 0. The van der Waals surface area contributed by atoms with Gasteiger partial charge in [0.25, 0.3) is 0 Å². The van der Waals surface area contributed by atoms with E-state index in [1.165, 1.54) is 7.11 Å². The van der Waals surface area contributed by atoms with Crippen LogP contribution in [0, 0.1) is 6.92 Å². The van der Waals surface area contributed by atoms with E-state index < -0.39 is 28.4 Å². The highest BCUT2D eigenvalue weighted by Gasteiger charge is 2.20. The Labute approximate surface area is 103 Å². The Bertz CT molecular complexity index is 505. The largest absolute Gasteiger partial charge is 0.465 e. The first-order valence-corrected chi connectivity index (χ1v) is 7.22. The van der Waals surface area contributed by atoms with E-state index in [-0.39, 0.29) is 10.6 Å². The molecule has 2 N–H and O–H groups in total. The minimum Gasteiger partial charge on any atom is -0.465 e. The molecule has 17 heavy (non-hydrogen) atoms. The van der Waals surface area contributed by atoms with Crippen LogP contribution in [0.2, 0.25) is 0 Å². The molecule has 0 aromatic carbocycles. The number of hydrogen-bond acceptors (Lipinski definition) is 6. The number of methoxy groups -OCH3 is 1. The smallest absolute Gasteiger partial charge is 0.350 e. The molecular formula is C9H13NO5S2. The van der Waals surface area contributed by atoms with Crippen molar-refractivity contribution >= 4 is 33.0 Å². The number of carbonyl (C=O) groups excluding carboxylic acids is 1. The fourth-order valence-electron chi connectivity index (χ4n) is 1.14. The van der Waals surface area contributed by atoms with Crippen molar-refractivity contribution in [3.63, 3.8) is 0 Å². The SMILES string of the molecule is COC(=O)c1scc(C)c1NS(=O)(=O)CCO. The molecule has 0 unspecified atom stereocenters. The van der Waals surface area contributed by atoms with Crippen LogP contribution in [-0.2, 0) is 14.8 Å². The van der Waals surface area contributed by atoms with Crippen molar-refractivity contribution < 1.29 is 23.1 Å². The van der Waals surface area contributed by atoms with Gasteiger partial charge in [-0.2, -0.15) is 0 Å². The number of aliphatic hydroxyl groups is 1. The van der Waals surface area contributed by atoms with Crippen LogP contribution in [0.15, 0.2) is 5.38 Å². The van der Waals surface area contributed by atoms with E-state index in [0.717, 1.165) is 11.3 Å². The zero-order valence-electron chi connectivity index (χ0n) is 9.39. The second-order valence-electron chi connectivity index (χ2n) is 3.26. The molecule has 0 atom stereocenters. The van der Waals surface area contributed by atoms with Crippen LogP contribution in [0.4, 0.5) is 5.69 Å². The Hall–Kier alpha value is -1.12. The topological polar surface area (TPSA) is 92.7 Å². The fourth-order valence-corrected chi connectivity index (χ4v) is 3.04. The molecule has 0 amide bonds. The minimum atomic E-state index is -3.64. The van der Waals surface area contributed by atoms with E-state index in [1.807, 2.05) is 0 Å². The number of aryl methyl sites for hydroxylation is 1. The monoisotopic (exact) mass is 279 g/mol. The molecule has 0 radical (unpaired) electrons. The predicted molar refractivity (Wildman–Crippen MR) is 64.9 cm³/mol. The van der Waals surface area contributed by atoms with Gasteiger partial charge in [-0.15, -0.1) is 11.3 Å². The molecular weight excluding hydrogens is 266 g/mol. The molecule has 0 aliphatic carbocycles. The molecule has 0 bridgehead atoms. The van der Waals surface area contributed by atoms with Crippen LogP contribution in [-0.4, -0.2) is 39.0 Å². The van der Waals surface area contributed by atoms with Crippen molar-refractivity contribution in [1.29, 1.82) is 0 Å². The number of anilines is 1. The lowest BCUT2D eigenvalue weighted by molar-refractivity contribution is 0.0607. The van der Waals surface area contributed by atoms with Crippen LogP contribution < -0.4 is 4.72 Å². The van der Waals surface area contributed by atoms with Gasteiger partial charge in [-0.3, -0.25) is 4.72 Å². The Morgan fingerprint density at radius 1 is 1.59 bits per heavy atom. The first kappa shape index (κ1) is 13.9. The lowest BCUT2D eigenvalue weighted by atomic mass is 10.3. The summed E-state index contributed by atoms with van der Waals surface area (Å²) in [6.45, 7) is 1.20. The number of thiophene rings is 1. The highest BCUT2D eigenvalue weighted by molar-refractivity contribution is 7.92. The van der Waals surface area contributed by atoms with Crippen LogP contribution in [0.5, 0.6) is 0 Å². The quantitative estimate of drug-likeness (QED) is 0.769.